The summed E-state index contributed by atoms with van der Waals surface area (Å²) in [5.41, 5.74) is 1.03. The molecular formula is C27H32N2O7. The lowest BCUT2D eigenvalue weighted by atomic mass is 10.1. The van der Waals surface area contributed by atoms with E-state index < -0.39 is 11.5 Å². The third-order valence-electron chi connectivity index (χ3n) is 5.77. The second-order valence-electron chi connectivity index (χ2n) is 8.28. The summed E-state index contributed by atoms with van der Waals surface area (Å²) >= 11 is 0. The van der Waals surface area contributed by atoms with Crippen LogP contribution in [-0.2, 0) is 11.8 Å². The number of hydrogen-bond acceptors (Lipinski definition) is 7. The van der Waals surface area contributed by atoms with Gasteiger partial charge in [0, 0.05) is 24.2 Å². The van der Waals surface area contributed by atoms with Gasteiger partial charge in [-0.15, -0.1) is 0 Å². The summed E-state index contributed by atoms with van der Waals surface area (Å²) in [7, 11) is 4.43. The van der Waals surface area contributed by atoms with E-state index in [-0.39, 0.29) is 28.7 Å². The highest BCUT2D eigenvalue weighted by molar-refractivity contribution is 6.03. The molecule has 1 heterocycles. The monoisotopic (exact) mass is 496 g/mol. The van der Waals surface area contributed by atoms with E-state index >= 15 is 0 Å². The Morgan fingerprint density at radius 2 is 1.72 bits per heavy atom. The van der Waals surface area contributed by atoms with Crippen LogP contribution < -0.4 is 25.1 Å². The SMILES string of the molecule is CCCCCCOc1c(O)c2ccc(NC(=O)C=Cc3cc(OC)c(O)c(OC)c3)cc2n(C)c1=O. The Morgan fingerprint density at radius 1 is 1.03 bits per heavy atom. The maximum absolute atomic E-state index is 12.8. The van der Waals surface area contributed by atoms with Gasteiger partial charge < -0.3 is 34.3 Å². The van der Waals surface area contributed by atoms with Gasteiger partial charge in [0.1, 0.15) is 0 Å². The molecule has 3 rings (SSSR count). The minimum Gasteiger partial charge on any atom is -0.504 e. The number of methoxy groups -OCH3 is 2. The number of nitrogens with zero attached hydrogens (tertiary/aromatic N) is 1. The highest BCUT2D eigenvalue weighted by atomic mass is 16.5. The van der Waals surface area contributed by atoms with Crippen LogP contribution in [-0.4, -0.2) is 41.5 Å². The smallest absolute Gasteiger partial charge is 0.297 e. The molecule has 0 radical (unpaired) electrons. The zero-order chi connectivity index (χ0) is 26.2. The molecule has 9 heteroatoms. The number of carbonyl (C=O) groups excluding carboxylic acids is 1. The van der Waals surface area contributed by atoms with Gasteiger partial charge in [-0.05, 0) is 48.4 Å². The number of phenolic OH excluding ortho intramolecular Hbond substituents is 1. The predicted octanol–water partition coefficient (Wildman–Crippen LogP) is 4.58. The molecule has 0 bridgehead atoms. The number of carbonyl (C=O) groups is 1. The second kappa shape index (κ2) is 12.0. The third-order valence-corrected chi connectivity index (χ3v) is 5.77. The van der Waals surface area contributed by atoms with Crippen LogP contribution in [0.15, 0.2) is 41.2 Å². The van der Waals surface area contributed by atoms with Gasteiger partial charge in [-0.25, -0.2) is 0 Å². The molecule has 2 aromatic carbocycles. The standard InChI is InChI=1S/C27H32N2O7/c1-5-6-7-8-13-36-26-24(31)19-11-10-18(16-20(19)29(2)27(26)33)28-23(30)12-9-17-14-21(34-3)25(32)22(15-17)35-4/h9-12,14-16,31-32H,5-8,13H2,1-4H3,(H,28,30). The highest BCUT2D eigenvalue weighted by Crippen LogP contribution is 2.37. The van der Waals surface area contributed by atoms with Crippen LogP contribution in [0, 0.1) is 0 Å². The van der Waals surface area contributed by atoms with Crippen LogP contribution in [0.4, 0.5) is 5.69 Å². The summed E-state index contributed by atoms with van der Waals surface area (Å²) in [5, 5.41) is 23.9. The van der Waals surface area contributed by atoms with Gasteiger partial charge in [0.25, 0.3) is 5.56 Å². The van der Waals surface area contributed by atoms with Crippen molar-refractivity contribution in [3.63, 3.8) is 0 Å². The van der Waals surface area contributed by atoms with Crippen LogP contribution >= 0.6 is 0 Å². The maximum Gasteiger partial charge on any atom is 0.297 e. The fourth-order valence-electron chi connectivity index (χ4n) is 3.77. The quantitative estimate of drug-likeness (QED) is 0.263. The predicted molar refractivity (Wildman–Crippen MR) is 139 cm³/mol. The molecule has 3 N–H and O–H groups in total. The molecule has 0 aliphatic carbocycles. The molecule has 3 aromatic rings. The first-order valence-electron chi connectivity index (χ1n) is 11.7. The Labute approximate surface area is 209 Å². The van der Waals surface area contributed by atoms with Crippen molar-refractivity contribution in [2.24, 2.45) is 7.05 Å². The van der Waals surface area contributed by atoms with Crippen molar-refractivity contribution in [3.05, 3.63) is 52.3 Å². The first-order valence-corrected chi connectivity index (χ1v) is 11.7. The normalized spacial score (nSPS) is 11.1. The summed E-state index contributed by atoms with van der Waals surface area (Å²) in [6, 6.07) is 8.01. The van der Waals surface area contributed by atoms with Crippen LogP contribution in [0.25, 0.3) is 17.0 Å². The number of hydrogen-bond donors (Lipinski definition) is 3. The molecule has 9 nitrogen and oxygen atoms in total. The van der Waals surface area contributed by atoms with Crippen molar-refractivity contribution in [2.75, 3.05) is 26.1 Å². The lowest BCUT2D eigenvalue weighted by Crippen LogP contribution is -2.20. The lowest BCUT2D eigenvalue weighted by molar-refractivity contribution is -0.111. The van der Waals surface area contributed by atoms with E-state index in [0.29, 0.717) is 28.8 Å². The average Bonchev–Trinajstić information content (AvgIpc) is 2.88. The summed E-state index contributed by atoms with van der Waals surface area (Å²) in [6.45, 7) is 2.47. The van der Waals surface area contributed by atoms with Crippen molar-refractivity contribution in [1.82, 2.24) is 4.57 Å². The Balaban J connectivity index is 1.79. The molecule has 0 aliphatic rings. The zero-order valence-corrected chi connectivity index (χ0v) is 21.0. The van der Waals surface area contributed by atoms with E-state index in [0.717, 1.165) is 25.7 Å². The van der Waals surface area contributed by atoms with Crippen LogP contribution in [0.1, 0.15) is 38.2 Å². The summed E-state index contributed by atoms with van der Waals surface area (Å²) in [5.74, 6) is -0.390. The minimum atomic E-state index is -0.450. The fourth-order valence-corrected chi connectivity index (χ4v) is 3.77. The number of unbranched alkanes of at least 4 members (excludes halogenated alkanes) is 3. The topological polar surface area (TPSA) is 119 Å². The first-order chi connectivity index (χ1) is 17.3. The molecule has 1 amide bonds. The molecular weight excluding hydrogens is 464 g/mol. The van der Waals surface area contributed by atoms with E-state index in [1.54, 1.807) is 43.5 Å². The van der Waals surface area contributed by atoms with Crippen LogP contribution in [0.5, 0.6) is 28.7 Å². The molecule has 0 saturated heterocycles. The van der Waals surface area contributed by atoms with Gasteiger partial charge >= 0.3 is 0 Å². The van der Waals surface area contributed by atoms with E-state index in [4.69, 9.17) is 14.2 Å². The van der Waals surface area contributed by atoms with Crippen molar-refractivity contribution >= 4 is 28.6 Å². The zero-order valence-electron chi connectivity index (χ0n) is 21.0. The first kappa shape index (κ1) is 26.5. The van der Waals surface area contributed by atoms with Crippen molar-refractivity contribution in [3.8, 4) is 28.7 Å². The molecule has 1 aromatic heterocycles. The molecule has 0 spiro atoms. The van der Waals surface area contributed by atoms with E-state index in [2.05, 4.69) is 12.2 Å². The molecule has 0 fully saturated rings. The van der Waals surface area contributed by atoms with Crippen molar-refractivity contribution in [1.29, 1.82) is 0 Å². The third kappa shape index (κ3) is 5.91. The number of ether oxygens (including phenoxy) is 3. The number of aryl methyl sites for hydroxylation is 1. The number of benzene rings is 2. The molecule has 0 unspecified atom stereocenters. The summed E-state index contributed by atoms with van der Waals surface area (Å²) < 4.78 is 17.3. The van der Waals surface area contributed by atoms with Gasteiger partial charge in [0.2, 0.25) is 17.4 Å². The Bertz CT molecular complexity index is 1300. The number of aromatic nitrogens is 1. The Kier molecular flexibility index (Phi) is 8.83. The van der Waals surface area contributed by atoms with Crippen molar-refractivity contribution < 1.29 is 29.2 Å². The molecule has 36 heavy (non-hydrogen) atoms. The van der Waals surface area contributed by atoms with E-state index in [9.17, 15) is 19.8 Å². The molecule has 0 saturated carbocycles. The average molecular weight is 497 g/mol. The number of aromatic hydroxyl groups is 2. The summed E-state index contributed by atoms with van der Waals surface area (Å²) in [6.07, 6.45) is 6.85. The number of phenols is 1. The van der Waals surface area contributed by atoms with Gasteiger partial charge in [-0.2, -0.15) is 0 Å². The Hall–Kier alpha value is -4.14. The number of amides is 1. The largest absolute Gasteiger partial charge is 0.504 e. The molecule has 0 aliphatic heterocycles. The molecule has 0 atom stereocenters. The summed E-state index contributed by atoms with van der Waals surface area (Å²) in [4.78, 5) is 25.3. The van der Waals surface area contributed by atoms with E-state index in [1.807, 2.05) is 0 Å². The lowest BCUT2D eigenvalue weighted by Gasteiger charge is -2.14. The number of nitrogens with one attached hydrogen (secondary N) is 1. The van der Waals surface area contributed by atoms with Crippen molar-refractivity contribution in [2.45, 2.75) is 32.6 Å². The maximum atomic E-state index is 12.8. The number of rotatable bonds is 11. The number of pyridine rings is 1. The van der Waals surface area contributed by atoms with Gasteiger partial charge in [0.15, 0.2) is 17.2 Å². The van der Waals surface area contributed by atoms with Crippen LogP contribution in [0.2, 0.25) is 0 Å². The van der Waals surface area contributed by atoms with Gasteiger partial charge in [-0.1, -0.05) is 26.2 Å². The van der Waals surface area contributed by atoms with Gasteiger partial charge in [-0.3, -0.25) is 9.59 Å². The Morgan fingerprint density at radius 3 is 2.36 bits per heavy atom. The van der Waals surface area contributed by atoms with Crippen LogP contribution in [0.3, 0.4) is 0 Å². The van der Waals surface area contributed by atoms with Gasteiger partial charge in [0.05, 0.1) is 26.3 Å². The number of anilines is 1. The number of fused-ring (bicyclic) bond motifs is 1. The van der Waals surface area contributed by atoms with E-state index in [1.165, 1.54) is 24.9 Å². The highest BCUT2D eigenvalue weighted by Gasteiger charge is 2.17. The second-order valence-corrected chi connectivity index (χ2v) is 8.28. The fraction of sp³-hybridized carbons (Fsp3) is 0.333. The molecule has 192 valence electrons. The minimum absolute atomic E-state index is 0.0685.